The zero-order valence-corrected chi connectivity index (χ0v) is 16.4. The van der Waals surface area contributed by atoms with E-state index in [4.69, 9.17) is 14.2 Å². The van der Waals surface area contributed by atoms with E-state index in [9.17, 15) is 30.3 Å². The minimum Gasteiger partial charge on any atom is -0.508 e. The van der Waals surface area contributed by atoms with Gasteiger partial charge in [0, 0.05) is 6.08 Å². The normalized spacial score (nSPS) is 34.7. The van der Waals surface area contributed by atoms with E-state index < -0.39 is 55.5 Å². The summed E-state index contributed by atoms with van der Waals surface area (Å²) in [5.41, 5.74) is 0.642. The third-order valence-corrected chi connectivity index (χ3v) is 5.36. The second-order valence-corrected chi connectivity index (χ2v) is 7.56. The van der Waals surface area contributed by atoms with Crippen molar-refractivity contribution in [1.82, 2.24) is 0 Å². The lowest BCUT2D eigenvalue weighted by atomic mass is 9.94. The minimum absolute atomic E-state index is 0.0921. The zero-order chi connectivity index (χ0) is 21.7. The van der Waals surface area contributed by atoms with Gasteiger partial charge >= 0.3 is 5.97 Å². The zero-order valence-electron chi connectivity index (χ0n) is 16.4. The fraction of sp³-hybridized carbons (Fsp3) is 0.571. The van der Waals surface area contributed by atoms with Gasteiger partial charge in [0.15, 0.2) is 12.4 Å². The molecule has 0 spiro atoms. The molecule has 1 heterocycles. The molecule has 7 atom stereocenters. The van der Waals surface area contributed by atoms with Crippen LogP contribution in [0.15, 0.2) is 30.3 Å². The molecule has 1 saturated heterocycles. The van der Waals surface area contributed by atoms with E-state index in [0.29, 0.717) is 18.4 Å². The van der Waals surface area contributed by atoms with Crippen molar-refractivity contribution in [1.29, 1.82) is 0 Å². The van der Waals surface area contributed by atoms with Gasteiger partial charge in [0.25, 0.3) is 0 Å². The van der Waals surface area contributed by atoms with E-state index in [-0.39, 0.29) is 5.75 Å². The molecule has 0 bridgehead atoms. The number of rotatable bonds is 6. The number of phenolic OH excluding ortho intramolecular Hbond substituents is 1. The summed E-state index contributed by atoms with van der Waals surface area (Å²) in [5, 5.41) is 49.5. The highest BCUT2D eigenvalue weighted by Crippen LogP contribution is 2.29. The quantitative estimate of drug-likeness (QED) is 0.316. The van der Waals surface area contributed by atoms with E-state index >= 15 is 0 Å². The van der Waals surface area contributed by atoms with E-state index in [1.54, 1.807) is 12.1 Å². The number of esters is 1. The second-order valence-electron chi connectivity index (χ2n) is 7.56. The van der Waals surface area contributed by atoms with E-state index in [1.165, 1.54) is 18.2 Å². The summed E-state index contributed by atoms with van der Waals surface area (Å²) in [7, 11) is 0. The predicted octanol–water partition coefficient (Wildman–Crippen LogP) is 0.0763. The van der Waals surface area contributed by atoms with Gasteiger partial charge in [0.2, 0.25) is 0 Å². The predicted molar refractivity (Wildman–Crippen MR) is 104 cm³/mol. The number of hydrogen-bond acceptors (Lipinski definition) is 9. The molecule has 5 N–H and O–H groups in total. The van der Waals surface area contributed by atoms with Gasteiger partial charge in [0.05, 0.1) is 18.8 Å². The molecule has 9 nitrogen and oxygen atoms in total. The fourth-order valence-corrected chi connectivity index (χ4v) is 3.62. The molecule has 2 fully saturated rings. The third kappa shape index (κ3) is 5.57. The van der Waals surface area contributed by atoms with Crippen molar-refractivity contribution in [2.75, 3.05) is 6.61 Å². The molecule has 1 aliphatic carbocycles. The molecule has 1 aliphatic heterocycles. The average Bonchev–Trinajstić information content (AvgIpc) is 2.74. The molecule has 0 amide bonds. The summed E-state index contributed by atoms with van der Waals surface area (Å²) in [5.74, 6) is -0.710. The Morgan fingerprint density at radius 2 is 1.80 bits per heavy atom. The monoisotopic (exact) mass is 424 g/mol. The molecule has 1 saturated carbocycles. The second kappa shape index (κ2) is 10.3. The number of carbonyl (C=O) groups is 1. The van der Waals surface area contributed by atoms with E-state index in [2.05, 4.69) is 0 Å². The molecule has 0 radical (unpaired) electrons. The van der Waals surface area contributed by atoms with Crippen LogP contribution in [0, 0.1) is 0 Å². The van der Waals surface area contributed by atoms with Crippen LogP contribution in [0.1, 0.15) is 31.2 Å². The van der Waals surface area contributed by atoms with Gasteiger partial charge in [0.1, 0.15) is 24.1 Å². The Hall–Kier alpha value is -2.01. The molecule has 1 aromatic carbocycles. The van der Waals surface area contributed by atoms with Crippen molar-refractivity contribution in [2.24, 2.45) is 0 Å². The number of aromatic hydroxyl groups is 1. The Bertz CT molecular complexity index is 720. The first kappa shape index (κ1) is 22.7. The van der Waals surface area contributed by atoms with Gasteiger partial charge in [-0.2, -0.15) is 0 Å². The van der Waals surface area contributed by atoms with E-state index in [0.717, 1.165) is 18.9 Å². The van der Waals surface area contributed by atoms with Crippen molar-refractivity contribution in [3.63, 3.8) is 0 Å². The van der Waals surface area contributed by atoms with Crippen LogP contribution in [0.25, 0.3) is 6.08 Å². The summed E-state index contributed by atoms with van der Waals surface area (Å²) in [6.45, 7) is -0.563. The highest BCUT2D eigenvalue weighted by atomic mass is 16.7. The highest BCUT2D eigenvalue weighted by Gasteiger charge is 2.48. The number of ether oxygens (including phenoxy) is 3. The first-order valence-corrected chi connectivity index (χ1v) is 10.0. The SMILES string of the molecule is O=C(/C=C/c1ccc(O)cc1)O[C@H]1[C@@H](O[C@@H]2CCCCC2O)O[C@H](CO)[C@H](O)[C@@H]1O. The molecule has 166 valence electrons. The number of benzene rings is 1. The lowest BCUT2D eigenvalue weighted by Crippen LogP contribution is -2.61. The number of aliphatic hydroxyl groups is 4. The number of phenols is 1. The van der Waals surface area contributed by atoms with Gasteiger partial charge < -0.3 is 39.7 Å². The van der Waals surface area contributed by atoms with Crippen molar-refractivity contribution < 1.29 is 44.5 Å². The highest BCUT2D eigenvalue weighted by molar-refractivity contribution is 5.87. The lowest BCUT2D eigenvalue weighted by Gasteiger charge is -2.43. The van der Waals surface area contributed by atoms with Gasteiger partial charge in [-0.1, -0.05) is 25.0 Å². The Labute approximate surface area is 174 Å². The van der Waals surface area contributed by atoms with Crippen LogP contribution >= 0.6 is 0 Å². The molecular weight excluding hydrogens is 396 g/mol. The van der Waals surface area contributed by atoms with Gasteiger partial charge in [-0.3, -0.25) is 0 Å². The summed E-state index contributed by atoms with van der Waals surface area (Å²) < 4.78 is 16.6. The van der Waals surface area contributed by atoms with Crippen LogP contribution in [0.2, 0.25) is 0 Å². The molecule has 1 aromatic rings. The van der Waals surface area contributed by atoms with Gasteiger partial charge in [-0.05, 0) is 36.6 Å². The summed E-state index contributed by atoms with van der Waals surface area (Å²) >= 11 is 0. The maximum atomic E-state index is 12.3. The van der Waals surface area contributed by atoms with Crippen LogP contribution in [0.5, 0.6) is 5.75 Å². The van der Waals surface area contributed by atoms with Crippen LogP contribution in [-0.4, -0.2) is 81.0 Å². The molecule has 0 aromatic heterocycles. The van der Waals surface area contributed by atoms with Gasteiger partial charge in [-0.25, -0.2) is 4.79 Å². The summed E-state index contributed by atoms with van der Waals surface area (Å²) in [4.78, 5) is 12.3. The maximum absolute atomic E-state index is 12.3. The number of aliphatic hydroxyl groups excluding tert-OH is 4. The first-order valence-electron chi connectivity index (χ1n) is 10.0. The number of hydrogen-bond donors (Lipinski definition) is 5. The van der Waals surface area contributed by atoms with Crippen LogP contribution in [0.3, 0.4) is 0 Å². The van der Waals surface area contributed by atoms with Crippen molar-refractivity contribution in [3.05, 3.63) is 35.9 Å². The lowest BCUT2D eigenvalue weighted by molar-refractivity contribution is -0.320. The fourth-order valence-electron chi connectivity index (χ4n) is 3.62. The minimum atomic E-state index is -1.55. The molecular formula is C21H28O9. The Morgan fingerprint density at radius 1 is 1.10 bits per heavy atom. The third-order valence-electron chi connectivity index (χ3n) is 5.36. The van der Waals surface area contributed by atoms with Crippen molar-refractivity contribution in [2.45, 2.75) is 68.6 Å². The van der Waals surface area contributed by atoms with Crippen molar-refractivity contribution in [3.8, 4) is 5.75 Å². The molecule has 30 heavy (non-hydrogen) atoms. The Kier molecular flexibility index (Phi) is 7.81. The number of carbonyl (C=O) groups excluding carboxylic acids is 1. The topological polar surface area (TPSA) is 146 Å². The average molecular weight is 424 g/mol. The summed E-state index contributed by atoms with van der Waals surface area (Å²) in [6.07, 6.45) is -2.59. The maximum Gasteiger partial charge on any atom is 0.331 e. The van der Waals surface area contributed by atoms with Crippen molar-refractivity contribution >= 4 is 12.0 Å². The Morgan fingerprint density at radius 3 is 2.47 bits per heavy atom. The standard InChI is InChI=1S/C21H28O9/c22-11-16-18(26)19(27)20(21(29-16)28-15-4-2-1-3-14(15)24)30-17(25)10-7-12-5-8-13(23)9-6-12/h5-10,14-16,18-24,26-27H,1-4,11H2/b10-7+/t14?,15-,16-,18+,19+,20-,21+/m1/s1. The van der Waals surface area contributed by atoms with Crippen LogP contribution in [0.4, 0.5) is 0 Å². The first-order chi connectivity index (χ1) is 14.4. The van der Waals surface area contributed by atoms with E-state index in [1.807, 2.05) is 0 Å². The largest absolute Gasteiger partial charge is 0.508 e. The molecule has 1 unspecified atom stereocenters. The molecule has 9 heteroatoms. The Balaban J connectivity index is 1.70. The smallest absolute Gasteiger partial charge is 0.331 e. The van der Waals surface area contributed by atoms with Crippen LogP contribution < -0.4 is 0 Å². The molecule has 3 rings (SSSR count). The van der Waals surface area contributed by atoms with Gasteiger partial charge in [-0.15, -0.1) is 0 Å². The van der Waals surface area contributed by atoms with Crippen LogP contribution in [-0.2, 0) is 19.0 Å². The summed E-state index contributed by atoms with van der Waals surface area (Å²) in [6, 6.07) is 6.14. The molecule has 2 aliphatic rings.